The van der Waals surface area contributed by atoms with Crippen molar-refractivity contribution < 1.29 is 14.3 Å². The Morgan fingerprint density at radius 3 is 2.38 bits per heavy atom. The molecule has 0 spiro atoms. The molecule has 0 bridgehead atoms. The molecule has 0 aromatic heterocycles. The van der Waals surface area contributed by atoms with Crippen molar-refractivity contribution in [3.05, 3.63) is 0 Å². The van der Waals surface area contributed by atoms with E-state index in [0.29, 0.717) is 5.92 Å². The largest absolute Gasteiger partial charge is 0.340 e. The lowest BCUT2D eigenvalue weighted by Gasteiger charge is -2.42. The van der Waals surface area contributed by atoms with Crippen LogP contribution < -0.4 is 0 Å². The van der Waals surface area contributed by atoms with Crippen molar-refractivity contribution in [1.82, 2.24) is 0 Å². The van der Waals surface area contributed by atoms with Gasteiger partial charge in [-0.05, 0) is 39.5 Å². The Bertz CT molecular complexity index is 266. The van der Waals surface area contributed by atoms with Crippen LogP contribution in [0.2, 0.25) is 0 Å². The number of ether oxygens (including phenoxy) is 2. The van der Waals surface area contributed by atoms with Crippen molar-refractivity contribution in [2.24, 2.45) is 5.92 Å². The van der Waals surface area contributed by atoms with Crippen LogP contribution in [0.5, 0.6) is 0 Å². The topological polar surface area (TPSA) is 35.5 Å². The van der Waals surface area contributed by atoms with E-state index >= 15 is 0 Å². The molecule has 1 saturated carbocycles. The molecule has 2 atom stereocenters. The fourth-order valence-corrected chi connectivity index (χ4v) is 2.87. The minimum absolute atomic E-state index is 0.131. The van der Waals surface area contributed by atoms with Gasteiger partial charge < -0.3 is 9.47 Å². The average Bonchev–Trinajstić information content (AvgIpc) is 2.24. The molecule has 2 aliphatic rings. The smallest absolute Gasteiger partial charge is 0.190 e. The minimum Gasteiger partial charge on any atom is -0.340 e. The predicted octanol–water partition coefficient (Wildman–Crippen LogP) is 2.68. The summed E-state index contributed by atoms with van der Waals surface area (Å²) in [5.74, 6) is -0.0757. The predicted molar refractivity (Wildman–Crippen MR) is 61.1 cm³/mol. The highest BCUT2D eigenvalue weighted by Crippen LogP contribution is 2.34. The molecule has 16 heavy (non-hydrogen) atoms. The van der Waals surface area contributed by atoms with Crippen LogP contribution in [0, 0.1) is 5.92 Å². The SMILES string of the molecule is C[C@@H]1OC(C)(C)O[C@@H](C2CCCCC2)C1=O. The first-order valence-corrected chi connectivity index (χ1v) is 6.39. The van der Waals surface area contributed by atoms with Crippen molar-refractivity contribution in [2.75, 3.05) is 0 Å². The van der Waals surface area contributed by atoms with E-state index in [1.54, 1.807) is 0 Å². The Hall–Kier alpha value is -0.410. The van der Waals surface area contributed by atoms with Crippen LogP contribution in [0.3, 0.4) is 0 Å². The number of hydrogen-bond acceptors (Lipinski definition) is 3. The lowest BCUT2D eigenvalue weighted by molar-refractivity contribution is -0.284. The Morgan fingerprint density at radius 2 is 1.75 bits per heavy atom. The zero-order valence-corrected chi connectivity index (χ0v) is 10.5. The molecule has 3 heteroatoms. The monoisotopic (exact) mass is 226 g/mol. The summed E-state index contributed by atoms with van der Waals surface area (Å²) < 4.78 is 11.4. The molecule has 0 amide bonds. The molecule has 1 aliphatic heterocycles. The zero-order chi connectivity index (χ0) is 11.8. The molecule has 0 unspecified atom stereocenters. The second-order valence-electron chi connectivity index (χ2n) is 5.50. The maximum Gasteiger partial charge on any atom is 0.190 e. The molecule has 0 radical (unpaired) electrons. The Balaban J connectivity index is 2.08. The van der Waals surface area contributed by atoms with Gasteiger partial charge >= 0.3 is 0 Å². The molecular formula is C13H22O3. The molecule has 1 heterocycles. The normalized spacial score (nSPS) is 36.3. The highest BCUT2D eigenvalue weighted by molar-refractivity contribution is 5.87. The molecule has 2 rings (SSSR count). The molecular weight excluding hydrogens is 204 g/mol. The number of rotatable bonds is 1. The van der Waals surface area contributed by atoms with Crippen LogP contribution in [0.1, 0.15) is 52.9 Å². The fraction of sp³-hybridized carbons (Fsp3) is 0.923. The first-order valence-electron chi connectivity index (χ1n) is 6.39. The Morgan fingerprint density at radius 1 is 1.12 bits per heavy atom. The second-order valence-corrected chi connectivity index (χ2v) is 5.50. The van der Waals surface area contributed by atoms with Crippen LogP contribution in [0.25, 0.3) is 0 Å². The van der Waals surface area contributed by atoms with Crippen LogP contribution in [-0.4, -0.2) is 23.8 Å². The number of hydrogen-bond donors (Lipinski definition) is 0. The van der Waals surface area contributed by atoms with E-state index in [2.05, 4.69) is 0 Å². The lowest BCUT2D eigenvalue weighted by Crippen LogP contribution is -2.53. The first-order chi connectivity index (χ1) is 7.49. The van der Waals surface area contributed by atoms with Crippen molar-refractivity contribution in [3.63, 3.8) is 0 Å². The summed E-state index contributed by atoms with van der Waals surface area (Å²) in [6, 6.07) is 0. The molecule has 92 valence electrons. The van der Waals surface area contributed by atoms with Gasteiger partial charge in [0.1, 0.15) is 12.2 Å². The molecule has 0 aromatic carbocycles. The van der Waals surface area contributed by atoms with E-state index in [-0.39, 0.29) is 18.0 Å². The minimum atomic E-state index is -0.616. The first kappa shape index (κ1) is 12.1. The van der Waals surface area contributed by atoms with Gasteiger partial charge in [-0.25, -0.2) is 0 Å². The van der Waals surface area contributed by atoms with Crippen LogP contribution >= 0.6 is 0 Å². The second kappa shape index (κ2) is 4.46. The summed E-state index contributed by atoms with van der Waals surface area (Å²) in [4.78, 5) is 12.1. The third-order valence-corrected chi connectivity index (χ3v) is 3.63. The van der Waals surface area contributed by atoms with Crippen molar-refractivity contribution in [1.29, 1.82) is 0 Å². The summed E-state index contributed by atoms with van der Waals surface area (Å²) in [5, 5.41) is 0. The van der Waals surface area contributed by atoms with Gasteiger partial charge in [0.25, 0.3) is 0 Å². The van der Waals surface area contributed by atoms with E-state index in [4.69, 9.17) is 9.47 Å². The highest BCUT2D eigenvalue weighted by atomic mass is 16.7. The maximum absolute atomic E-state index is 12.1. The average molecular weight is 226 g/mol. The summed E-state index contributed by atoms with van der Waals surface area (Å²) in [5.41, 5.74) is 0. The molecule has 0 N–H and O–H groups in total. The maximum atomic E-state index is 12.1. The summed E-state index contributed by atoms with van der Waals surface area (Å²) in [6.07, 6.45) is 5.45. The van der Waals surface area contributed by atoms with Crippen molar-refractivity contribution in [3.8, 4) is 0 Å². The molecule has 1 saturated heterocycles. The van der Waals surface area contributed by atoms with Gasteiger partial charge in [-0.2, -0.15) is 0 Å². The number of carbonyl (C=O) groups is 1. The van der Waals surface area contributed by atoms with Gasteiger partial charge in [-0.3, -0.25) is 4.79 Å². The van der Waals surface area contributed by atoms with E-state index < -0.39 is 5.79 Å². The number of carbonyl (C=O) groups excluding carboxylic acids is 1. The summed E-state index contributed by atoms with van der Waals surface area (Å²) in [6.45, 7) is 5.62. The molecule has 1 aliphatic carbocycles. The third kappa shape index (κ3) is 2.46. The quantitative estimate of drug-likeness (QED) is 0.689. The lowest BCUT2D eigenvalue weighted by atomic mass is 9.82. The van der Waals surface area contributed by atoms with Crippen molar-refractivity contribution >= 4 is 5.78 Å². The third-order valence-electron chi connectivity index (χ3n) is 3.63. The van der Waals surface area contributed by atoms with Gasteiger partial charge in [-0.15, -0.1) is 0 Å². The molecule has 0 aromatic rings. The van der Waals surface area contributed by atoms with Crippen LogP contribution in [0.4, 0.5) is 0 Å². The molecule has 3 nitrogen and oxygen atoms in total. The standard InChI is InChI=1S/C13H22O3/c1-9-11(14)12(16-13(2,3)15-9)10-7-5-4-6-8-10/h9-10,12H,4-8H2,1-3H3/t9-,12-/m0/s1. The summed E-state index contributed by atoms with van der Waals surface area (Å²) in [7, 11) is 0. The van der Waals surface area contributed by atoms with E-state index in [1.807, 2.05) is 20.8 Å². The van der Waals surface area contributed by atoms with Gasteiger partial charge in [-0.1, -0.05) is 19.3 Å². The van der Waals surface area contributed by atoms with Crippen LogP contribution in [0.15, 0.2) is 0 Å². The van der Waals surface area contributed by atoms with E-state index in [1.165, 1.54) is 19.3 Å². The number of Topliss-reactive ketones (excluding diaryl/α,β-unsaturated/α-hetero) is 1. The summed E-state index contributed by atoms with van der Waals surface area (Å²) >= 11 is 0. The Kier molecular flexibility index (Phi) is 3.36. The highest BCUT2D eigenvalue weighted by Gasteiger charge is 2.43. The fourth-order valence-electron chi connectivity index (χ4n) is 2.87. The van der Waals surface area contributed by atoms with Crippen molar-refractivity contribution in [2.45, 2.75) is 70.9 Å². The van der Waals surface area contributed by atoms with Gasteiger partial charge in [0.05, 0.1) is 0 Å². The van der Waals surface area contributed by atoms with Gasteiger partial charge in [0.15, 0.2) is 11.6 Å². The van der Waals surface area contributed by atoms with Gasteiger partial charge in [0, 0.05) is 0 Å². The van der Waals surface area contributed by atoms with E-state index in [9.17, 15) is 4.79 Å². The van der Waals surface area contributed by atoms with E-state index in [0.717, 1.165) is 12.8 Å². The zero-order valence-electron chi connectivity index (χ0n) is 10.5. The molecule has 2 fully saturated rings. The number of ketones is 1. The van der Waals surface area contributed by atoms with Crippen LogP contribution in [-0.2, 0) is 14.3 Å². The van der Waals surface area contributed by atoms with Gasteiger partial charge in [0.2, 0.25) is 0 Å². The Labute approximate surface area is 97.5 Å².